The first kappa shape index (κ1) is 27.5. The van der Waals surface area contributed by atoms with Gasteiger partial charge in [-0.3, -0.25) is 4.79 Å². The molecule has 1 amide bonds. The lowest BCUT2D eigenvalue weighted by atomic mass is 9.96. The Hall–Kier alpha value is -3.02. The minimum Gasteiger partial charge on any atom is -0.338 e. The second-order valence-electron chi connectivity index (χ2n) is 10.5. The minimum absolute atomic E-state index is 0.141. The summed E-state index contributed by atoms with van der Waals surface area (Å²) in [6.07, 6.45) is 4.21. The van der Waals surface area contributed by atoms with Gasteiger partial charge in [-0.05, 0) is 105 Å². The number of rotatable bonds is 8. The summed E-state index contributed by atoms with van der Waals surface area (Å²) >= 11 is 3.46. The number of piperidine rings is 1. The van der Waals surface area contributed by atoms with Crippen LogP contribution in [0.3, 0.4) is 0 Å². The van der Waals surface area contributed by atoms with Crippen LogP contribution >= 0.6 is 15.9 Å². The lowest BCUT2D eigenvalue weighted by Crippen LogP contribution is -2.38. The van der Waals surface area contributed by atoms with Crippen LogP contribution in [0.4, 0.5) is 28.8 Å². The maximum absolute atomic E-state index is 12.9. The molecule has 11 heteroatoms. The average molecular weight is 614 g/mol. The molecule has 0 bridgehead atoms. The van der Waals surface area contributed by atoms with Gasteiger partial charge in [-0.15, -0.1) is 0 Å². The molecule has 2 aliphatic heterocycles. The Morgan fingerprint density at radius 3 is 2.59 bits per heavy atom. The Bertz CT molecular complexity index is 1490. The lowest BCUT2D eigenvalue weighted by molar-refractivity contribution is -0.117. The molecule has 5 rings (SSSR count). The summed E-state index contributed by atoms with van der Waals surface area (Å²) in [7, 11) is -1.35. The second-order valence-corrected chi connectivity index (χ2v) is 13.8. The van der Waals surface area contributed by atoms with Gasteiger partial charge >= 0.3 is 0 Å². The van der Waals surface area contributed by atoms with E-state index < -0.39 is 15.1 Å². The van der Waals surface area contributed by atoms with Gasteiger partial charge < -0.3 is 20.4 Å². The number of benzene rings is 2. The van der Waals surface area contributed by atoms with Crippen LogP contribution in [0.1, 0.15) is 32.3 Å². The monoisotopic (exact) mass is 612 g/mol. The molecule has 1 aromatic heterocycles. The predicted molar refractivity (Wildman–Crippen MR) is 158 cm³/mol. The van der Waals surface area contributed by atoms with Crippen molar-refractivity contribution in [2.45, 2.75) is 43.3 Å². The van der Waals surface area contributed by atoms with E-state index in [1.807, 2.05) is 23.1 Å². The van der Waals surface area contributed by atoms with Crippen LogP contribution in [-0.4, -0.2) is 61.1 Å². The fourth-order valence-corrected chi connectivity index (χ4v) is 6.50. The van der Waals surface area contributed by atoms with Gasteiger partial charge in [-0.2, -0.15) is 4.98 Å². The smallest absolute Gasteiger partial charge is 0.231 e. The molecule has 2 N–H and O–H groups in total. The number of sulfone groups is 1. The van der Waals surface area contributed by atoms with Gasteiger partial charge in [0.15, 0.2) is 9.84 Å². The molecule has 3 heterocycles. The highest BCUT2D eigenvalue weighted by Crippen LogP contribution is 2.35. The molecule has 3 aromatic rings. The fraction of sp³-hybridized carbons (Fsp3) is 0.393. The summed E-state index contributed by atoms with van der Waals surface area (Å²) in [6, 6.07) is 12.7. The molecule has 0 spiro atoms. The number of carbonyl (C=O) groups excluding carboxylic acids is 1. The van der Waals surface area contributed by atoms with E-state index in [-0.39, 0.29) is 10.8 Å². The van der Waals surface area contributed by atoms with E-state index >= 15 is 0 Å². The van der Waals surface area contributed by atoms with E-state index in [4.69, 9.17) is 0 Å². The maximum atomic E-state index is 12.9. The zero-order valence-electron chi connectivity index (χ0n) is 22.3. The first-order valence-corrected chi connectivity index (χ1v) is 15.5. The van der Waals surface area contributed by atoms with Crippen LogP contribution in [0.15, 0.2) is 58.0 Å². The molecule has 39 heavy (non-hydrogen) atoms. The molecule has 0 unspecified atom stereocenters. The molecule has 0 saturated carbocycles. The number of carbonyl (C=O) groups is 1. The summed E-state index contributed by atoms with van der Waals surface area (Å²) in [4.78, 5) is 26.3. The highest BCUT2D eigenvalue weighted by molar-refractivity contribution is 9.10. The van der Waals surface area contributed by atoms with Crippen LogP contribution in [0.5, 0.6) is 0 Å². The number of amides is 1. The van der Waals surface area contributed by atoms with Crippen LogP contribution in [0, 0.1) is 5.92 Å². The van der Waals surface area contributed by atoms with Crippen LogP contribution in [-0.2, 0) is 21.1 Å². The fourth-order valence-electron chi connectivity index (χ4n) is 5.01. The highest BCUT2D eigenvalue weighted by atomic mass is 79.9. The number of hydrogen-bond acceptors (Lipinski definition) is 8. The van der Waals surface area contributed by atoms with Crippen LogP contribution in [0.25, 0.3) is 0 Å². The maximum Gasteiger partial charge on any atom is 0.231 e. The van der Waals surface area contributed by atoms with Crippen molar-refractivity contribution in [1.29, 1.82) is 0 Å². The van der Waals surface area contributed by atoms with Gasteiger partial charge in [-0.25, -0.2) is 13.4 Å². The van der Waals surface area contributed by atoms with Crippen LogP contribution in [0.2, 0.25) is 0 Å². The van der Waals surface area contributed by atoms with E-state index in [1.165, 1.54) is 0 Å². The molecule has 1 fully saturated rings. The van der Waals surface area contributed by atoms with Crippen molar-refractivity contribution in [3.63, 3.8) is 0 Å². The number of nitrogens with zero attached hydrogens (tertiary/aromatic N) is 4. The standard InChI is InChI=1S/C28H33BrN6O3S/c1-18(2)39(37,38)25-7-5-4-6-23(25)32-27-22(29)16-30-28(33-27)31-21-8-9-24-20(14-21)15-26(36)35(24)17-19-10-12-34(3)13-11-19/h4-9,14,16,18-19H,10-13,15,17H2,1-3H3,(H2,30,31,32,33). The van der Waals surface area contributed by atoms with Crippen molar-refractivity contribution in [1.82, 2.24) is 14.9 Å². The Labute approximate surface area is 238 Å². The quantitative estimate of drug-likeness (QED) is 0.360. The minimum atomic E-state index is -3.50. The summed E-state index contributed by atoms with van der Waals surface area (Å²) < 4.78 is 26.3. The van der Waals surface area contributed by atoms with Gasteiger partial charge in [0.1, 0.15) is 5.82 Å². The number of nitrogens with one attached hydrogen (secondary N) is 2. The third-order valence-corrected chi connectivity index (χ3v) is 10.2. The number of anilines is 5. The van der Waals surface area contributed by atoms with E-state index in [1.54, 1.807) is 44.3 Å². The largest absolute Gasteiger partial charge is 0.338 e. The molecule has 1 saturated heterocycles. The number of hydrogen-bond donors (Lipinski definition) is 2. The van der Waals surface area contributed by atoms with Gasteiger partial charge in [0.25, 0.3) is 0 Å². The molecule has 2 aromatic carbocycles. The molecule has 9 nitrogen and oxygen atoms in total. The Morgan fingerprint density at radius 1 is 1.10 bits per heavy atom. The number of para-hydroxylation sites is 1. The summed E-state index contributed by atoms with van der Waals surface area (Å²) in [5.41, 5.74) is 3.18. The number of fused-ring (bicyclic) bond motifs is 1. The molecule has 2 aliphatic rings. The van der Waals surface area contributed by atoms with Crippen molar-refractivity contribution in [3.05, 3.63) is 58.7 Å². The van der Waals surface area contributed by atoms with Gasteiger partial charge in [0.05, 0.1) is 26.7 Å². The Kier molecular flexibility index (Phi) is 7.93. The first-order valence-electron chi connectivity index (χ1n) is 13.1. The number of halogens is 1. The third kappa shape index (κ3) is 5.95. The van der Waals surface area contributed by atoms with Crippen LogP contribution < -0.4 is 15.5 Å². The first-order chi connectivity index (χ1) is 18.6. The van der Waals surface area contributed by atoms with E-state index in [0.29, 0.717) is 34.3 Å². The van der Waals surface area contributed by atoms with Crippen molar-refractivity contribution >= 4 is 60.5 Å². The predicted octanol–water partition coefficient (Wildman–Crippen LogP) is 5.14. The van der Waals surface area contributed by atoms with Gasteiger partial charge in [0, 0.05) is 24.1 Å². The third-order valence-electron chi connectivity index (χ3n) is 7.36. The molecular formula is C28H33BrN6O3S. The molecular weight excluding hydrogens is 580 g/mol. The molecule has 0 atom stereocenters. The van der Waals surface area contributed by atoms with E-state index in [0.717, 1.165) is 49.4 Å². The number of likely N-dealkylation sites (tertiary alicyclic amines) is 1. The summed E-state index contributed by atoms with van der Waals surface area (Å²) in [6.45, 7) is 6.24. The summed E-state index contributed by atoms with van der Waals surface area (Å²) in [5, 5.41) is 5.82. The Morgan fingerprint density at radius 2 is 1.85 bits per heavy atom. The topological polar surface area (TPSA) is 108 Å². The van der Waals surface area contributed by atoms with Gasteiger partial charge in [0.2, 0.25) is 11.9 Å². The molecule has 0 radical (unpaired) electrons. The molecule has 206 valence electrons. The zero-order valence-corrected chi connectivity index (χ0v) is 24.7. The van der Waals surface area contributed by atoms with E-state index in [9.17, 15) is 13.2 Å². The highest BCUT2D eigenvalue weighted by Gasteiger charge is 2.30. The normalized spacial score (nSPS) is 16.5. The SMILES string of the molecule is CC(C)S(=O)(=O)c1ccccc1Nc1nc(Nc2ccc3c(c2)CC(=O)N3CC2CCN(C)CC2)ncc1Br. The molecule has 0 aliphatic carbocycles. The zero-order chi connectivity index (χ0) is 27.7. The van der Waals surface area contributed by atoms with Gasteiger partial charge in [-0.1, -0.05) is 12.1 Å². The van der Waals surface area contributed by atoms with Crippen molar-refractivity contribution in [2.24, 2.45) is 5.92 Å². The number of aromatic nitrogens is 2. The van der Waals surface area contributed by atoms with E-state index in [2.05, 4.69) is 48.5 Å². The average Bonchev–Trinajstić information content (AvgIpc) is 3.21. The van der Waals surface area contributed by atoms with Crippen molar-refractivity contribution < 1.29 is 13.2 Å². The van der Waals surface area contributed by atoms with Crippen molar-refractivity contribution in [2.75, 3.05) is 42.2 Å². The van der Waals surface area contributed by atoms with Crippen molar-refractivity contribution in [3.8, 4) is 0 Å². The second kappa shape index (κ2) is 11.2. The Balaban J connectivity index is 1.33. The summed E-state index contributed by atoms with van der Waals surface area (Å²) in [5.74, 6) is 1.44. The lowest BCUT2D eigenvalue weighted by Gasteiger charge is -2.31.